The van der Waals surface area contributed by atoms with Crippen LogP contribution in [0.3, 0.4) is 0 Å². The molecule has 0 spiro atoms. The molecule has 1 heterocycles. The van der Waals surface area contributed by atoms with Crippen LogP contribution in [0.25, 0.3) is 0 Å². The van der Waals surface area contributed by atoms with E-state index in [4.69, 9.17) is 5.11 Å². The van der Waals surface area contributed by atoms with E-state index in [0.717, 1.165) is 4.57 Å². The van der Waals surface area contributed by atoms with Crippen molar-refractivity contribution in [3.05, 3.63) is 58.6 Å². The molecule has 0 radical (unpaired) electrons. The van der Waals surface area contributed by atoms with Gasteiger partial charge in [-0.05, 0) is 11.5 Å². The highest BCUT2D eigenvalue weighted by Gasteiger charge is 2.16. The van der Waals surface area contributed by atoms with Gasteiger partial charge in [-0.2, -0.15) is 0 Å². The van der Waals surface area contributed by atoms with E-state index >= 15 is 0 Å². The predicted molar refractivity (Wildman–Crippen MR) is 88.6 cm³/mol. The fourth-order valence-corrected chi connectivity index (χ4v) is 2.48. The predicted octanol–water partition coefficient (Wildman–Crippen LogP) is 2.18. The molecule has 2 N–H and O–H groups in total. The van der Waals surface area contributed by atoms with Crippen LogP contribution in [0.1, 0.15) is 25.3 Å². The molecule has 0 saturated heterocycles. The normalized spacial score (nSPS) is 12.1. The Balaban J connectivity index is 2.16. The van der Waals surface area contributed by atoms with Crippen molar-refractivity contribution in [2.24, 2.45) is 5.92 Å². The number of rotatable bonds is 7. The molecule has 6 heteroatoms. The molecule has 0 saturated carbocycles. The highest BCUT2D eigenvalue weighted by atomic mass is 16.4. The monoisotopic (exact) mass is 315 g/mol. The Bertz CT molecular complexity index is 711. The van der Waals surface area contributed by atoms with Gasteiger partial charge in [0.1, 0.15) is 6.54 Å². The van der Waals surface area contributed by atoms with Gasteiger partial charge in [0.25, 0.3) is 5.56 Å². The number of carboxylic acids is 1. The largest absolute Gasteiger partial charge is 0.480 e. The minimum atomic E-state index is -1.06. The third kappa shape index (κ3) is 4.42. The number of aromatic nitrogens is 2. The van der Waals surface area contributed by atoms with Crippen LogP contribution in [0, 0.1) is 5.92 Å². The van der Waals surface area contributed by atoms with Gasteiger partial charge in [-0.25, -0.2) is 4.98 Å². The lowest BCUT2D eigenvalue weighted by Gasteiger charge is -2.22. The topological polar surface area (TPSA) is 84.2 Å². The fraction of sp³-hybridized carbons (Fsp3) is 0.353. The summed E-state index contributed by atoms with van der Waals surface area (Å²) < 4.78 is 1.13. The second kappa shape index (κ2) is 7.58. The summed E-state index contributed by atoms with van der Waals surface area (Å²) in [6.45, 7) is 4.43. The van der Waals surface area contributed by atoms with Crippen LogP contribution in [-0.2, 0) is 11.3 Å². The van der Waals surface area contributed by atoms with Crippen molar-refractivity contribution in [2.75, 3.05) is 11.9 Å². The Hall–Kier alpha value is -2.63. The van der Waals surface area contributed by atoms with Crippen LogP contribution in [0.4, 0.5) is 5.82 Å². The van der Waals surface area contributed by atoms with Gasteiger partial charge in [0.05, 0.1) is 0 Å². The number of nitrogens with zero attached hydrogens (tertiary/aromatic N) is 2. The Kier molecular flexibility index (Phi) is 5.51. The molecule has 6 nitrogen and oxygen atoms in total. The molecule has 0 aliphatic carbocycles. The van der Waals surface area contributed by atoms with Crippen molar-refractivity contribution in [3.63, 3.8) is 0 Å². The third-order valence-electron chi connectivity index (χ3n) is 3.74. The highest BCUT2D eigenvalue weighted by molar-refractivity contribution is 5.66. The molecular formula is C17H21N3O3. The number of hydrogen-bond donors (Lipinski definition) is 2. The molecule has 2 aromatic rings. The van der Waals surface area contributed by atoms with Crippen molar-refractivity contribution in [1.82, 2.24) is 9.55 Å². The minimum absolute atomic E-state index is 0.176. The molecule has 1 aromatic carbocycles. The molecule has 1 unspecified atom stereocenters. The van der Waals surface area contributed by atoms with E-state index in [0.29, 0.717) is 12.5 Å². The van der Waals surface area contributed by atoms with E-state index in [2.05, 4.69) is 36.3 Å². The third-order valence-corrected chi connectivity index (χ3v) is 3.74. The van der Waals surface area contributed by atoms with Gasteiger partial charge in [-0.3, -0.25) is 14.2 Å². The quantitative estimate of drug-likeness (QED) is 0.818. The SMILES string of the molecule is CC(C)C(CNc1nccn(CC(=O)O)c1=O)c1ccccc1. The number of anilines is 1. The molecule has 0 aliphatic heterocycles. The van der Waals surface area contributed by atoms with Crippen molar-refractivity contribution in [3.8, 4) is 0 Å². The zero-order valence-electron chi connectivity index (χ0n) is 13.3. The molecule has 0 aliphatic rings. The van der Waals surface area contributed by atoms with E-state index in [1.165, 1.54) is 18.0 Å². The van der Waals surface area contributed by atoms with Crippen molar-refractivity contribution >= 4 is 11.8 Å². The first-order chi connectivity index (χ1) is 11.0. The summed E-state index contributed by atoms with van der Waals surface area (Å²) in [5.41, 5.74) is 0.766. The molecule has 0 bridgehead atoms. The van der Waals surface area contributed by atoms with Crippen LogP contribution in [0.5, 0.6) is 0 Å². The van der Waals surface area contributed by atoms with Crippen molar-refractivity contribution in [1.29, 1.82) is 0 Å². The maximum Gasteiger partial charge on any atom is 0.323 e. The molecule has 23 heavy (non-hydrogen) atoms. The summed E-state index contributed by atoms with van der Waals surface area (Å²) in [7, 11) is 0. The lowest BCUT2D eigenvalue weighted by molar-refractivity contribution is -0.137. The molecule has 122 valence electrons. The van der Waals surface area contributed by atoms with E-state index in [1.807, 2.05) is 18.2 Å². The molecule has 0 fully saturated rings. The average Bonchev–Trinajstić information content (AvgIpc) is 2.51. The van der Waals surface area contributed by atoms with Crippen LogP contribution in [-0.4, -0.2) is 27.2 Å². The number of nitrogens with one attached hydrogen (secondary N) is 1. The van der Waals surface area contributed by atoms with Gasteiger partial charge >= 0.3 is 5.97 Å². The van der Waals surface area contributed by atoms with E-state index in [9.17, 15) is 9.59 Å². The summed E-state index contributed by atoms with van der Waals surface area (Å²) in [5.74, 6) is -0.274. The lowest BCUT2D eigenvalue weighted by atomic mass is 9.88. The maximum atomic E-state index is 12.2. The Morgan fingerprint density at radius 1 is 1.30 bits per heavy atom. The van der Waals surface area contributed by atoms with Gasteiger partial charge in [0.15, 0.2) is 5.82 Å². The first-order valence-corrected chi connectivity index (χ1v) is 7.55. The summed E-state index contributed by atoms with van der Waals surface area (Å²) >= 11 is 0. The van der Waals surface area contributed by atoms with E-state index in [-0.39, 0.29) is 18.3 Å². The standard InChI is InChI=1S/C17H21N3O3/c1-12(2)14(13-6-4-3-5-7-13)10-19-16-17(23)20(9-8-18-16)11-15(21)22/h3-9,12,14H,10-11H2,1-2H3,(H,18,19)(H,21,22). The Morgan fingerprint density at radius 2 is 2.00 bits per heavy atom. The van der Waals surface area contributed by atoms with Crippen molar-refractivity contribution in [2.45, 2.75) is 26.3 Å². The van der Waals surface area contributed by atoms with Crippen LogP contribution < -0.4 is 10.9 Å². The summed E-state index contributed by atoms with van der Waals surface area (Å²) in [5, 5.41) is 11.9. The van der Waals surface area contributed by atoms with Gasteiger partial charge < -0.3 is 10.4 Å². The smallest absolute Gasteiger partial charge is 0.323 e. The highest BCUT2D eigenvalue weighted by Crippen LogP contribution is 2.24. The summed E-state index contributed by atoms with van der Waals surface area (Å²) in [6.07, 6.45) is 2.80. The number of carboxylic acid groups (broad SMARTS) is 1. The molecule has 2 rings (SSSR count). The minimum Gasteiger partial charge on any atom is -0.480 e. The molecule has 1 atom stereocenters. The first-order valence-electron chi connectivity index (χ1n) is 7.55. The van der Waals surface area contributed by atoms with Crippen LogP contribution in [0.15, 0.2) is 47.5 Å². The second-order valence-electron chi connectivity index (χ2n) is 5.74. The van der Waals surface area contributed by atoms with Crippen molar-refractivity contribution < 1.29 is 9.90 Å². The zero-order chi connectivity index (χ0) is 16.8. The number of carbonyl (C=O) groups is 1. The molecular weight excluding hydrogens is 294 g/mol. The average molecular weight is 315 g/mol. The molecule has 0 amide bonds. The van der Waals surface area contributed by atoms with E-state index in [1.54, 1.807) is 0 Å². The lowest BCUT2D eigenvalue weighted by Crippen LogP contribution is -2.29. The Labute approximate surface area is 134 Å². The van der Waals surface area contributed by atoms with Gasteiger partial charge in [-0.1, -0.05) is 44.2 Å². The van der Waals surface area contributed by atoms with Gasteiger partial charge in [-0.15, -0.1) is 0 Å². The molecule has 1 aromatic heterocycles. The second-order valence-corrected chi connectivity index (χ2v) is 5.74. The number of hydrogen-bond acceptors (Lipinski definition) is 4. The summed E-state index contributed by atoms with van der Waals surface area (Å²) in [4.78, 5) is 27.0. The van der Waals surface area contributed by atoms with Crippen LogP contribution >= 0.6 is 0 Å². The number of aliphatic carboxylic acids is 1. The van der Waals surface area contributed by atoms with Crippen LogP contribution in [0.2, 0.25) is 0 Å². The zero-order valence-corrected chi connectivity index (χ0v) is 13.3. The van der Waals surface area contributed by atoms with Gasteiger partial charge in [0, 0.05) is 24.9 Å². The number of benzene rings is 1. The first kappa shape index (κ1) is 16.7. The van der Waals surface area contributed by atoms with E-state index < -0.39 is 11.5 Å². The fourth-order valence-electron chi connectivity index (χ4n) is 2.48. The maximum absolute atomic E-state index is 12.2. The summed E-state index contributed by atoms with van der Waals surface area (Å²) in [6, 6.07) is 10.1. The van der Waals surface area contributed by atoms with Gasteiger partial charge in [0.2, 0.25) is 0 Å². The Morgan fingerprint density at radius 3 is 2.61 bits per heavy atom.